The Morgan fingerprint density at radius 1 is 1.35 bits per heavy atom. The summed E-state index contributed by atoms with van der Waals surface area (Å²) in [5.41, 5.74) is 9.25. The molecule has 3 nitrogen and oxygen atoms in total. The molecule has 0 saturated heterocycles. The summed E-state index contributed by atoms with van der Waals surface area (Å²) in [6.45, 7) is 6.10. The second-order valence-corrected chi connectivity index (χ2v) is 5.48. The van der Waals surface area contributed by atoms with Gasteiger partial charge in [-0.2, -0.15) is 0 Å². The zero-order chi connectivity index (χ0) is 12.7. The quantitative estimate of drug-likeness (QED) is 0.776. The Morgan fingerprint density at radius 2 is 2.00 bits per heavy atom. The van der Waals surface area contributed by atoms with Gasteiger partial charge < -0.3 is 5.73 Å². The van der Waals surface area contributed by atoms with Crippen LogP contribution in [0.1, 0.15) is 45.2 Å². The van der Waals surface area contributed by atoms with Crippen LogP contribution >= 0.6 is 11.3 Å². The van der Waals surface area contributed by atoms with E-state index in [1.165, 1.54) is 12.8 Å². The second-order valence-electron chi connectivity index (χ2n) is 4.76. The van der Waals surface area contributed by atoms with Gasteiger partial charge in [-0.15, -0.1) is 11.3 Å². The average Bonchev–Trinajstić information content (AvgIpc) is 2.81. The van der Waals surface area contributed by atoms with E-state index in [-0.39, 0.29) is 5.54 Å². The number of aromatic nitrogens is 1. The summed E-state index contributed by atoms with van der Waals surface area (Å²) >= 11 is 1.66. The molecule has 0 aliphatic carbocycles. The maximum atomic E-state index is 6.05. The smallest absolute Gasteiger partial charge is 0.0795 e. The van der Waals surface area contributed by atoms with Crippen molar-refractivity contribution in [3.63, 3.8) is 0 Å². The van der Waals surface area contributed by atoms with Crippen LogP contribution in [-0.4, -0.2) is 29.0 Å². The van der Waals surface area contributed by atoms with Crippen LogP contribution in [0.4, 0.5) is 0 Å². The van der Waals surface area contributed by atoms with E-state index in [2.05, 4.69) is 36.2 Å². The first kappa shape index (κ1) is 14.6. The number of likely N-dealkylation sites (N-methyl/N-ethyl adjacent to an activating group) is 1. The molecule has 0 atom stereocenters. The van der Waals surface area contributed by atoms with E-state index in [1.54, 1.807) is 11.3 Å². The first-order valence-electron chi connectivity index (χ1n) is 6.47. The number of nitrogens with two attached hydrogens (primary N) is 1. The summed E-state index contributed by atoms with van der Waals surface area (Å²) in [5, 5.41) is 2.12. The van der Waals surface area contributed by atoms with E-state index in [4.69, 9.17) is 5.73 Å². The Morgan fingerprint density at radius 3 is 2.41 bits per heavy atom. The zero-order valence-corrected chi connectivity index (χ0v) is 12.1. The molecule has 0 aliphatic heterocycles. The maximum Gasteiger partial charge on any atom is 0.0795 e. The minimum Gasteiger partial charge on any atom is -0.329 e. The number of hydrogen-bond donors (Lipinski definition) is 1. The van der Waals surface area contributed by atoms with E-state index in [1.807, 2.05) is 5.51 Å². The van der Waals surface area contributed by atoms with Gasteiger partial charge in [0.1, 0.15) is 0 Å². The summed E-state index contributed by atoms with van der Waals surface area (Å²) in [5.74, 6) is 0. The molecule has 4 heteroatoms. The van der Waals surface area contributed by atoms with Gasteiger partial charge in [0.25, 0.3) is 0 Å². The Hall–Kier alpha value is -0.450. The molecule has 0 fully saturated rings. The molecule has 0 amide bonds. The van der Waals surface area contributed by atoms with Crippen LogP contribution in [-0.2, 0) is 6.54 Å². The lowest BCUT2D eigenvalue weighted by molar-refractivity contribution is 0.0944. The first-order valence-corrected chi connectivity index (χ1v) is 7.41. The molecule has 1 aromatic rings. The first-order chi connectivity index (χ1) is 8.18. The van der Waals surface area contributed by atoms with E-state index >= 15 is 0 Å². The van der Waals surface area contributed by atoms with Gasteiger partial charge in [-0.3, -0.25) is 4.90 Å². The van der Waals surface area contributed by atoms with Crippen LogP contribution < -0.4 is 5.73 Å². The van der Waals surface area contributed by atoms with E-state index in [9.17, 15) is 0 Å². The van der Waals surface area contributed by atoms with Crippen LogP contribution in [0.5, 0.6) is 0 Å². The molecule has 98 valence electrons. The molecule has 1 aromatic heterocycles. The van der Waals surface area contributed by atoms with Crippen molar-refractivity contribution in [3.05, 3.63) is 16.6 Å². The van der Waals surface area contributed by atoms with Crippen molar-refractivity contribution < 1.29 is 0 Å². The van der Waals surface area contributed by atoms with Crippen molar-refractivity contribution in [1.82, 2.24) is 9.88 Å². The molecule has 0 bridgehead atoms. The lowest BCUT2D eigenvalue weighted by atomic mass is 9.87. The fourth-order valence-electron chi connectivity index (χ4n) is 2.52. The van der Waals surface area contributed by atoms with E-state index in [0.717, 1.165) is 31.6 Å². The van der Waals surface area contributed by atoms with Gasteiger partial charge in [-0.25, -0.2) is 4.98 Å². The second kappa shape index (κ2) is 7.09. The predicted octanol–water partition coefficient (Wildman–Crippen LogP) is 2.87. The molecular formula is C13H25N3S. The van der Waals surface area contributed by atoms with Gasteiger partial charge >= 0.3 is 0 Å². The lowest BCUT2D eigenvalue weighted by Crippen LogP contribution is -2.51. The Kier molecular flexibility index (Phi) is 6.09. The molecule has 2 N–H and O–H groups in total. The van der Waals surface area contributed by atoms with Gasteiger partial charge in [-0.1, -0.05) is 26.7 Å². The Bertz CT molecular complexity index is 292. The molecule has 0 aliphatic rings. The lowest BCUT2D eigenvalue weighted by Gasteiger charge is -2.41. The summed E-state index contributed by atoms with van der Waals surface area (Å²) in [7, 11) is 2.18. The molecule has 17 heavy (non-hydrogen) atoms. The molecular weight excluding hydrogens is 230 g/mol. The summed E-state index contributed by atoms with van der Waals surface area (Å²) in [6, 6.07) is 0. The molecule has 0 spiro atoms. The standard InChI is InChI=1S/C13H25N3S/c1-4-6-13(10-14,7-5-2)16(3)8-12-9-17-11-15-12/h9,11H,4-8,10,14H2,1-3H3. The minimum atomic E-state index is 0.146. The predicted molar refractivity (Wildman–Crippen MR) is 75.2 cm³/mol. The molecule has 1 heterocycles. The number of thiazole rings is 1. The SMILES string of the molecule is CCCC(CN)(CCC)N(C)Cc1cscn1. The topological polar surface area (TPSA) is 42.1 Å². The van der Waals surface area contributed by atoms with Gasteiger partial charge in [0.15, 0.2) is 0 Å². The highest BCUT2D eigenvalue weighted by molar-refractivity contribution is 7.07. The third-order valence-electron chi connectivity index (χ3n) is 3.50. The van der Waals surface area contributed by atoms with E-state index in [0.29, 0.717) is 0 Å². The largest absolute Gasteiger partial charge is 0.329 e. The van der Waals surface area contributed by atoms with Gasteiger partial charge in [0.05, 0.1) is 11.2 Å². The summed E-state index contributed by atoms with van der Waals surface area (Å²) in [6.07, 6.45) is 4.69. The highest BCUT2D eigenvalue weighted by Crippen LogP contribution is 2.26. The van der Waals surface area contributed by atoms with Crippen molar-refractivity contribution >= 4 is 11.3 Å². The van der Waals surface area contributed by atoms with Crippen LogP contribution in [0.25, 0.3) is 0 Å². The van der Waals surface area contributed by atoms with Crippen molar-refractivity contribution in [2.75, 3.05) is 13.6 Å². The number of nitrogens with zero attached hydrogens (tertiary/aromatic N) is 2. The van der Waals surface area contributed by atoms with Crippen LogP contribution in [0.15, 0.2) is 10.9 Å². The highest BCUT2D eigenvalue weighted by Gasteiger charge is 2.31. The average molecular weight is 255 g/mol. The number of rotatable bonds is 8. The van der Waals surface area contributed by atoms with Gasteiger partial charge in [0, 0.05) is 24.0 Å². The normalized spacial score (nSPS) is 12.3. The third kappa shape index (κ3) is 3.76. The molecule has 1 rings (SSSR count). The molecule has 0 saturated carbocycles. The Labute approximate surface area is 109 Å². The molecule has 0 aromatic carbocycles. The van der Waals surface area contributed by atoms with E-state index < -0.39 is 0 Å². The molecule has 0 unspecified atom stereocenters. The van der Waals surface area contributed by atoms with Crippen molar-refractivity contribution in [2.24, 2.45) is 5.73 Å². The third-order valence-corrected chi connectivity index (χ3v) is 4.14. The molecule has 0 radical (unpaired) electrons. The number of hydrogen-bond acceptors (Lipinski definition) is 4. The monoisotopic (exact) mass is 255 g/mol. The minimum absolute atomic E-state index is 0.146. The van der Waals surface area contributed by atoms with Gasteiger partial charge in [-0.05, 0) is 19.9 Å². The van der Waals surface area contributed by atoms with Crippen molar-refractivity contribution in [1.29, 1.82) is 0 Å². The van der Waals surface area contributed by atoms with Crippen LogP contribution in [0, 0.1) is 0 Å². The van der Waals surface area contributed by atoms with Crippen molar-refractivity contribution in [2.45, 2.75) is 51.6 Å². The fraction of sp³-hybridized carbons (Fsp3) is 0.769. The van der Waals surface area contributed by atoms with Crippen molar-refractivity contribution in [3.8, 4) is 0 Å². The van der Waals surface area contributed by atoms with Crippen LogP contribution in [0.2, 0.25) is 0 Å². The zero-order valence-electron chi connectivity index (χ0n) is 11.3. The Balaban J connectivity index is 2.73. The summed E-state index contributed by atoms with van der Waals surface area (Å²) in [4.78, 5) is 6.76. The summed E-state index contributed by atoms with van der Waals surface area (Å²) < 4.78 is 0. The van der Waals surface area contributed by atoms with Gasteiger partial charge in [0.2, 0.25) is 0 Å². The van der Waals surface area contributed by atoms with Crippen LogP contribution in [0.3, 0.4) is 0 Å². The highest BCUT2D eigenvalue weighted by atomic mass is 32.1. The maximum absolute atomic E-state index is 6.05. The fourth-order valence-corrected chi connectivity index (χ4v) is 3.07.